The Balaban J connectivity index is 1.29. The third-order valence-corrected chi connectivity index (χ3v) is 12.3. The zero-order valence-corrected chi connectivity index (χ0v) is 35.1. The van der Waals surface area contributed by atoms with Crippen LogP contribution in [0.4, 0.5) is 23.1 Å². The molecule has 60 heavy (non-hydrogen) atoms. The molecular weight excluding hydrogens is 875 g/mol. The molecule has 1 saturated carbocycles. The van der Waals surface area contributed by atoms with Crippen LogP contribution in [0.1, 0.15) is 69.4 Å². The maximum absolute atomic E-state index is 14.2. The minimum absolute atomic E-state index is 0.0236. The standard InChI is InChI=1S/C38H37ClF3N5O10S3/c1-37(2,3)56-36(51)45-35-44-25(30(39)59-35)26(46-57-24-16-10-11-17-24)31(48)43-27-32(49)47-28(23(20-58-33(27)47)18-19-54-60(52,53)38(40,41)42)34(50)55-29(21-12-6-4-7-13-21)22-14-8-5-9-15-22/h4-9,12-15,18-19,24,27,29,33H,10-11,16-17,20H2,1-3H3,(H,43,48)(H,44,45,51). The van der Waals surface area contributed by atoms with Crippen LogP contribution < -0.4 is 10.6 Å². The number of halogens is 4. The number of thioether (sulfide) groups is 1. The van der Waals surface area contributed by atoms with Crippen LogP contribution in [0.15, 0.2) is 89.4 Å². The van der Waals surface area contributed by atoms with Crippen LogP contribution in [-0.4, -0.2) is 82.3 Å². The fraction of sp³-hybridized carbons (Fsp3) is 0.368. The molecule has 1 aromatic heterocycles. The number of anilines is 1. The molecule has 3 amide bonds. The second-order valence-corrected chi connectivity index (χ2v) is 18.6. The van der Waals surface area contributed by atoms with Crippen LogP contribution >= 0.6 is 34.7 Å². The van der Waals surface area contributed by atoms with Crippen molar-refractivity contribution in [1.29, 1.82) is 0 Å². The van der Waals surface area contributed by atoms with Gasteiger partial charge in [-0.1, -0.05) is 88.8 Å². The molecule has 2 fully saturated rings. The van der Waals surface area contributed by atoms with Crippen LogP contribution in [-0.2, 0) is 43.0 Å². The van der Waals surface area contributed by atoms with E-state index in [-0.39, 0.29) is 38.9 Å². The first-order valence-electron chi connectivity index (χ1n) is 18.2. The Morgan fingerprint density at radius 3 is 2.22 bits per heavy atom. The van der Waals surface area contributed by atoms with Gasteiger partial charge in [-0.25, -0.2) is 14.6 Å². The topological polar surface area (TPSA) is 192 Å². The summed E-state index contributed by atoms with van der Waals surface area (Å²) in [7, 11) is -6.05. The SMILES string of the molecule is CC(C)(C)OC(=O)Nc1nc(C(=NOC2CCCC2)C(=O)NC2C(=O)N3C(C(=O)OC(c4ccccc4)c4ccccc4)=C(C=COS(=O)(=O)C(F)(F)F)CSC23)c(Cl)s1. The molecule has 0 bridgehead atoms. The molecule has 6 rings (SSSR count). The normalized spacial score (nSPS) is 18.9. The van der Waals surface area contributed by atoms with Gasteiger partial charge in [0, 0.05) is 5.75 Å². The first-order valence-corrected chi connectivity index (χ1v) is 21.8. The maximum atomic E-state index is 14.2. The Bertz CT molecular complexity index is 2270. The number of fused-ring (bicyclic) bond motifs is 1. The predicted molar refractivity (Wildman–Crippen MR) is 215 cm³/mol. The quantitative estimate of drug-likeness (QED) is 0.0335. The fourth-order valence-electron chi connectivity index (χ4n) is 6.16. The lowest BCUT2D eigenvalue weighted by Gasteiger charge is -2.49. The van der Waals surface area contributed by atoms with E-state index in [1.807, 2.05) is 0 Å². The molecule has 2 aliphatic heterocycles. The summed E-state index contributed by atoms with van der Waals surface area (Å²) in [5, 5.41) is 8.17. The lowest BCUT2D eigenvalue weighted by atomic mass is 10.0. The first-order chi connectivity index (χ1) is 28.3. The molecule has 3 aromatic rings. The number of ether oxygens (including phenoxy) is 2. The van der Waals surface area contributed by atoms with Crippen molar-refractivity contribution in [3.63, 3.8) is 0 Å². The maximum Gasteiger partial charge on any atom is 0.534 e. The van der Waals surface area contributed by atoms with Gasteiger partial charge in [0.25, 0.3) is 11.8 Å². The second kappa shape index (κ2) is 18.2. The number of benzene rings is 2. The predicted octanol–water partition coefficient (Wildman–Crippen LogP) is 7.17. The zero-order chi connectivity index (χ0) is 43.4. The van der Waals surface area contributed by atoms with Crippen LogP contribution in [0.2, 0.25) is 4.34 Å². The van der Waals surface area contributed by atoms with Crippen molar-refractivity contribution < 1.29 is 59.3 Å². The molecule has 2 aromatic carbocycles. The second-order valence-electron chi connectivity index (χ2n) is 14.4. The van der Waals surface area contributed by atoms with Gasteiger partial charge in [-0.2, -0.15) is 21.6 Å². The van der Waals surface area contributed by atoms with Crippen molar-refractivity contribution in [2.45, 2.75) is 81.2 Å². The summed E-state index contributed by atoms with van der Waals surface area (Å²) in [5.41, 5.74) is -6.57. The number of allylic oxidation sites excluding steroid dienone is 1. The average Bonchev–Trinajstić information content (AvgIpc) is 3.84. The summed E-state index contributed by atoms with van der Waals surface area (Å²) in [6.07, 6.45) is 2.02. The van der Waals surface area contributed by atoms with Crippen molar-refractivity contribution >= 4 is 79.5 Å². The van der Waals surface area contributed by atoms with Gasteiger partial charge in [0.1, 0.15) is 45.1 Å². The van der Waals surface area contributed by atoms with Crippen molar-refractivity contribution in [3.05, 3.63) is 105 Å². The fourth-order valence-corrected chi connectivity index (χ4v) is 8.82. The van der Waals surface area contributed by atoms with E-state index in [0.29, 0.717) is 24.0 Å². The summed E-state index contributed by atoms with van der Waals surface area (Å²) in [5.74, 6) is -3.03. The van der Waals surface area contributed by atoms with E-state index in [2.05, 4.69) is 25.0 Å². The lowest BCUT2D eigenvalue weighted by Crippen LogP contribution is -2.71. The molecule has 320 valence electrons. The van der Waals surface area contributed by atoms with Crippen molar-refractivity contribution in [1.82, 2.24) is 15.2 Å². The molecule has 2 atom stereocenters. The van der Waals surface area contributed by atoms with Gasteiger partial charge in [0.2, 0.25) is 0 Å². The van der Waals surface area contributed by atoms with Gasteiger partial charge in [-0.05, 0) is 69.2 Å². The lowest BCUT2D eigenvalue weighted by molar-refractivity contribution is -0.154. The minimum Gasteiger partial charge on any atom is -0.448 e. The Hall–Kier alpha value is -5.12. The molecule has 15 nitrogen and oxygen atoms in total. The van der Waals surface area contributed by atoms with Crippen LogP contribution in [0.25, 0.3) is 0 Å². The highest BCUT2D eigenvalue weighted by Gasteiger charge is 2.55. The Kier molecular flexibility index (Phi) is 13.5. The summed E-state index contributed by atoms with van der Waals surface area (Å²) >= 11 is 8.33. The molecule has 2 N–H and O–H groups in total. The highest BCUT2D eigenvalue weighted by atomic mass is 35.5. The average molecular weight is 912 g/mol. The Morgan fingerprint density at radius 1 is 1.02 bits per heavy atom. The molecule has 1 aliphatic carbocycles. The molecule has 3 heterocycles. The Morgan fingerprint density at radius 2 is 1.63 bits per heavy atom. The molecule has 0 radical (unpaired) electrons. The largest absolute Gasteiger partial charge is 0.534 e. The summed E-state index contributed by atoms with van der Waals surface area (Å²) < 4.78 is 77.6. The van der Waals surface area contributed by atoms with Crippen LogP contribution in [0.3, 0.4) is 0 Å². The highest BCUT2D eigenvalue weighted by Crippen LogP contribution is 2.42. The number of nitrogens with zero attached hydrogens (tertiary/aromatic N) is 3. The first kappa shape index (κ1) is 44.4. The van der Waals surface area contributed by atoms with Crippen LogP contribution in [0.5, 0.6) is 0 Å². The van der Waals surface area contributed by atoms with Crippen LogP contribution in [0, 0.1) is 0 Å². The number of oxime groups is 1. The monoisotopic (exact) mass is 911 g/mol. The zero-order valence-electron chi connectivity index (χ0n) is 31.9. The highest BCUT2D eigenvalue weighted by molar-refractivity contribution is 8.00. The van der Waals surface area contributed by atoms with Crippen molar-refractivity contribution in [2.24, 2.45) is 5.16 Å². The number of thiazole rings is 1. The van der Waals surface area contributed by atoms with E-state index >= 15 is 0 Å². The number of aromatic nitrogens is 1. The van der Waals surface area contributed by atoms with Crippen molar-refractivity contribution in [3.8, 4) is 0 Å². The van der Waals surface area contributed by atoms with E-state index in [4.69, 9.17) is 25.9 Å². The number of alkyl halides is 3. The number of β-lactam (4-membered cyclic amide) rings is 1. The number of amides is 3. The van der Waals surface area contributed by atoms with E-state index in [1.54, 1.807) is 81.4 Å². The van der Waals surface area contributed by atoms with Gasteiger partial charge in [0.15, 0.2) is 16.9 Å². The smallest absolute Gasteiger partial charge is 0.448 e. The number of hydrogen-bond acceptors (Lipinski definition) is 14. The summed E-state index contributed by atoms with van der Waals surface area (Å²) in [6.45, 7) is 5.00. The molecule has 2 unspecified atom stereocenters. The summed E-state index contributed by atoms with van der Waals surface area (Å²) in [4.78, 5) is 65.6. The van der Waals surface area contributed by atoms with E-state index in [1.165, 1.54) is 0 Å². The minimum atomic E-state index is -6.05. The Labute approximate surface area is 355 Å². The third-order valence-electron chi connectivity index (χ3n) is 8.87. The number of rotatable bonds is 13. The van der Waals surface area contributed by atoms with E-state index in [0.717, 1.165) is 46.9 Å². The number of hydrogen-bond donors (Lipinski definition) is 2. The third kappa shape index (κ3) is 10.4. The molecule has 3 aliphatic rings. The van der Waals surface area contributed by atoms with E-state index in [9.17, 15) is 40.8 Å². The van der Waals surface area contributed by atoms with Gasteiger partial charge in [-0.15, -0.1) is 11.8 Å². The number of carbonyl (C=O) groups excluding carboxylic acids is 4. The number of carbonyl (C=O) groups is 4. The van der Waals surface area contributed by atoms with Crippen molar-refractivity contribution in [2.75, 3.05) is 11.1 Å². The van der Waals surface area contributed by atoms with E-state index < -0.39 is 74.0 Å². The molecule has 1 saturated heterocycles. The van der Waals surface area contributed by atoms with Gasteiger partial charge < -0.3 is 23.8 Å². The molecule has 0 spiro atoms. The van der Waals surface area contributed by atoms with Gasteiger partial charge in [0.05, 0.1) is 0 Å². The number of nitrogens with one attached hydrogen (secondary N) is 2. The molecule has 22 heteroatoms. The van der Waals surface area contributed by atoms with Gasteiger partial charge >= 0.3 is 27.7 Å². The summed E-state index contributed by atoms with van der Waals surface area (Å²) in [6, 6.07) is 15.9. The molecular formula is C38H37ClF3N5O10S3. The van der Waals surface area contributed by atoms with Gasteiger partial charge in [-0.3, -0.25) is 19.8 Å². The number of esters is 1.